The van der Waals surface area contributed by atoms with E-state index in [1.54, 1.807) is 44.2 Å². The highest BCUT2D eigenvalue weighted by molar-refractivity contribution is 6.03. The standard InChI is InChI=1S/C20H20O6/c1-12(18(21)14-8-10-15(25-3)11-9-14)13(2)26-20(24)17-7-5-4-6-16(17)19(22)23/h4-13H,1-3H3,(H,22,23). The molecular formula is C20H20O6. The fourth-order valence-corrected chi connectivity index (χ4v) is 2.41. The zero-order chi connectivity index (χ0) is 19.3. The average molecular weight is 356 g/mol. The van der Waals surface area contributed by atoms with Crippen LogP contribution in [0.25, 0.3) is 0 Å². The summed E-state index contributed by atoms with van der Waals surface area (Å²) < 4.78 is 10.4. The van der Waals surface area contributed by atoms with Crippen LogP contribution in [0.1, 0.15) is 44.9 Å². The minimum Gasteiger partial charge on any atom is -0.497 e. The number of hydrogen-bond donors (Lipinski definition) is 1. The van der Waals surface area contributed by atoms with Crippen molar-refractivity contribution in [2.45, 2.75) is 20.0 Å². The molecule has 0 bridgehead atoms. The molecule has 0 amide bonds. The molecule has 0 heterocycles. The van der Waals surface area contributed by atoms with Crippen molar-refractivity contribution < 1.29 is 29.0 Å². The molecule has 0 aliphatic carbocycles. The van der Waals surface area contributed by atoms with Crippen LogP contribution < -0.4 is 4.74 Å². The highest BCUT2D eigenvalue weighted by Gasteiger charge is 2.26. The van der Waals surface area contributed by atoms with Gasteiger partial charge in [0.25, 0.3) is 0 Å². The lowest BCUT2D eigenvalue weighted by molar-refractivity contribution is 0.0219. The predicted molar refractivity (Wildman–Crippen MR) is 94.8 cm³/mol. The van der Waals surface area contributed by atoms with E-state index >= 15 is 0 Å². The van der Waals surface area contributed by atoms with Crippen molar-refractivity contribution >= 4 is 17.7 Å². The summed E-state index contributed by atoms with van der Waals surface area (Å²) in [5, 5.41) is 9.17. The molecule has 2 rings (SSSR count). The van der Waals surface area contributed by atoms with Crippen LogP contribution in [0.3, 0.4) is 0 Å². The van der Waals surface area contributed by atoms with Crippen molar-refractivity contribution in [3.05, 3.63) is 65.2 Å². The third-order valence-electron chi connectivity index (χ3n) is 4.16. The van der Waals surface area contributed by atoms with Gasteiger partial charge in [-0.25, -0.2) is 9.59 Å². The first-order chi connectivity index (χ1) is 12.3. The first kappa shape index (κ1) is 19.2. The first-order valence-corrected chi connectivity index (χ1v) is 8.06. The Kier molecular flexibility index (Phi) is 6.11. The second-order valence-corrected chi connectivity index (χ2v) is 5.84. The molecule has 0 saturated carbocycles. The van der Waals surface area contributed by atoms with E-state index in [-0.39, 0.29) is 16.9 Å². The fourth-order valence-electron chi connectivity index (χ4n) is 2.41. The van der Waals surface area contributed by atoms with Crippen molar-refractivity contribution in [3.8, 4) is 5.75 Å². The Morgan fingerprint density at radius 2 is 1.50 bits per heavy atom. The molecule has 0 fully saturated rings. The Labute approximate surface area is 151 Å². The van der Waals surface area contributed by atoms with Gasteiger partial charge in [-0.1, -0.05) is 19.1 Å². The van der Waals surface area contributed by atoms with Crippen LogP contribution in [0, 0.1) is 5.92 Å². The maximum absolute atomic E-state index is 12.6. The molecule has 0 saturated heterocycles. The summed E-state index contributed by atoms with van der Waals surface area (Å²) in [7, 11) is 1.54. The van der Waals surface area contributed by atoms with Gasteiger partial charge < -0.3 is 14.6 Å². The van der Waals surface area contributed by atoms with Crippen molar-refractivity contribution in [2.75, 3.05) is 7.11 Å². The number of benzene rings is 2. The lowest BCUT2D eigenvalue weighted by Crippen LogP contribution is -2.29. The third kappa shape index (κ3) is 4.27. The van der Waals surface area contributed by atoms with Crippen molar-refractivity contribution in [3.63, 3.8) is 0 Å². The summed E-state index contributed by atoms with van der Waals surface area (Å²) in [5.41, 5.74) is 0.293. The van der Waals surface area contributed by atoms with Gasteiger partial charge in [0.1, 0.15) is 11.9 Å². The summed E-state index contributed by atoms with van der Waals surface area (Å²) in [6.07, 6.45) is -0.723. The molecule has 2 unspecified atom stereocenters. The number of carbonyl (C=O) groups is 3. The Balaban J connectivity index is 2.10. The van der Waals surface area contributed by atoms with Crippen LogP contribution in [0.2, 0.25) is 0 Å². The van der Waals surface area contributed by atoms with Crippen molar-refractivity contribution in [1.29, 1.82) is 0 Å². The summed E-state index contributed by atoms with van der Waals surface area (Å²) in [5.74, 6) is -2.12. The number of esters is 1. The topological polar surface area (TPSA) is 89.9 Å². The van der Waals surface area contributed by atoms with Crippen LogP contribution in [0.15, 0.2) is 48.5 Å². The molecule has 6 nitrogen and oxygen atoms in total. The van der Waals surface area contributed by atoms with E-state index in [4.69, 9.17) is 14.6 Å². The van der Waals surface area contributed by atoms with Crippen molar-refractivity contribution in [1.82, 2.24) is 0 Å². The van der Waals surface area contributed by atoms with Crippen LogP contribution in [0.5, 0.6) is 5.75 Å². The van der Waals surface area contributed by atoms with Gasteiger partial charge in [0.2, 0.25) is 0 Å². The Hall–Kier alpha value is -3.15. The molecule has 1 N–H and O–H groups in total. The minimum absolute atomic E-state index is 0.0454. The third-order valence-corrected chi connectivity index (χ3v) is 4.16. The highest BCUT2D eigenvalue weighted by Crippen LogP contribution is 2.20. The number of hydrogen-bond acceptors (Lipinski definition) is 5. The summed E-state index contributed by atoms with van der Waals surface area (Å²) in [6, 6.07) is 12.4. The molecule has 0 spiro atoms. The van der Waals surface area contributed by atoms with Crippen LogP contribution in [-0.4, -0.2) is 36.0 Å². The van der Waals surface area contributed by atoms with Crippen molar-refractivity contribution in [2.24, 2.45) is 5.92 Å². The van der Waals surface area contributed by atoms with Crippen LogP contribution >= 0.6 is 0 Å². The van der Waals surface area contributed by atoms with Gasteiger partial charge in [-0.15, -0.1) is 0 Å². The molecule has 2 atom stereocenters. The molecule has 0 aliphatic rings. The maximum atomic E-state index is 12.6. The highest BCUT2D eigenvalue weighted by atomic mass is 16.5. The minimum atomic E-state index is -1.22. The van der Waals surface area contributed by atoms with E-state index in [9.17, 15) is 14.4 Å². The number of carbonyl (C=O) groups excluding carboxylic acids is 2. The smallest absolute Gasteiger partial charge is 0.339 e. The number of aromatic carboxylic acids is 1. The van der Waals surface area contributed by atoms with E-state index in [1.807, 2.05) is 0 Å². The molecule has 6 heteroatoms. The Morgan fingerprint density at radius 1 is 0.923 bits per heavy atom. The van der Waals surface area contributed by atoms with Gasteiger partial charge in [-0.3, -0.25) is 4.79 Å². The van der Waals surface area contributed by atoms with Crippen LogP contribution in [0.4, 0.5) is 0 Å². The monoisotopic (exact) mass is 356 g/mol. The molecule has 136 valence electrons. The summed E-state index contributed by atoms with van der Waals surface area (Å²) >= 11 is 0. The first-order valence-electron chi connectivity index (χ1n) is 8.06. The normalized spacial score (nSPS) is 12.7. The van der Waals surface area contributed by atoms with E-state index in [0.717, 1.165) is 0 Å². The molecule has 26 heavy (non-hydrogen) atoms. The zero-order valence-electron chi connectivity index (χ0n) is 14.8. The van der Waals surface area contributed by atoms with Crippen LogP contribution in [-0.2, 0) is 4.74 Å². The van der Waals surface area contributed by atoms with E-state index in [0.29, 0.717) is 11.3 Å². The number of carboxylic acid groups (broad SMARTS) is 1. The number of carboxylic acids is 1. The fraction of sp³-hybridized carbons (Fsp3) is 0.250. The molecule has 0 aliphatic heterocycles. The predicted octanol–water partition coefficient (Wildman–Crippen LogP) is 3.46. The lowest BCUT2D eigenvalue weighted by atomic mass is 9.95. The summed E-state index contributed by atoms with van der Waals surface area (Å²) in [4.78, 5) is 36.1. The maximum Gasteiger partial charge on any atom is 0.339 e. The van der Waals surface area contributed by atoms with Gasteiger partial charge in [0.05, 0.1) is 24.2 Å². The number of ketones is 1. The van der Waals surface area contributed by atoms with E-state index in [1.165, 1.54) is 25.3 Å². The Morgan fingerprint density at radius 3 is 2.04 bits per heavy atom. The zero-order valence-corrected chi connectivity index (χ0v) is 14.8. The number of ether oxygens (including phenoxy) is 2. The van der Waals surface area contributed by atoms with E-state index < -0.39 is 24.0 Å². The second-order valence-electron chi connectivity index (χ2n) is 5.84. The molecular weight excluding hydrogens is 336 g/mol. The van der Waals surface area contributed by atoms with Gasteiger partial charge >= 0.3 is 11.9 Å². The lowest BCUT2D eigenvalue weighted by Gasteiger charge is -2.20. The molecule has 2 aromatic rings. The molecule has 0 radical (unpaired) electrons. The number of methoxy groups -OCH3 is 1. The second kappa shape index (κ2) is 8.29. The largest absolute Gasteiger partial charge is 0.497 e. The molecule has 2 aromatic carbocycles. The van der Waals surface area contributed by atoms with Gasteiger partial charge in [-0.2, -0.15) is 0 Å². The van der Waals surface area contributed by atoms with Gasteiger partial charge in [0.15, 0.2) is 5.78 Å². The average Bonchev–Trinajstić information content (AvgIpc) is 2.66. The molecule has 0 aromatic heterocycles. The van der Waals surface area contributed by atoms with E-state index in [2.05, 4.69) is 0 Å². The summed E-state index contributed by atoms with van der Waals surface area (Å²) in [6.45, 7) is 3.26. The quantitative estimate of drug-likeness (QED) is 0.604. The number of Topliss-reactive ketones (excluding diaryl/α,β-unsaturated/α-hetero) is 1. The van der Waals surface area contributed by atoms with Gasteiger partial charge in [-0.05, 0) is 43.3 Å². The SMILES string of the molecule is COc1ccc(C(=O)C(C)C(C)OC(=O)c2ccccc2C(=O)O)cc1. The number of rotatable bonds is 7. The van der Waals surface area contributed by atoms with Gasteiger partial charge in [0, 0.05) is 5.56 Å². The Bertz CT molecular complexity index is 809.